The number of nitriles is 1. The number of carbonyl (C=O) groups excluding carboxylic acids is 1. The molecule has 0 N–H and O–H groups in total. The van der Waals surface area contributed by atoms with Gasteiger partial charge < -0.3 is 4.90 Å². The van der Waals surface area contributed by atoms with Crippen LogP contribution in [0.25, 0.3) is 0 Å². The average Bonchev–Trinajstić information content (AvgIpc) is 2.74. The van der Waals surface area contributed by atoms with Gasteiger partial charge in [0, 0.05) is 25.7 Å². The molecule has 1 unspecified atom stereocenters. The van der Waals surface area contributed by atoms with Crippen LogP contribution in [0.2, 0.25) is 0 Å². The van der Waals surface area contributed by atoms with Gasteiger partial charge in [0.15, 0.2) is 0 Å². The van der Waals surface area contributed by atoms with Crippen molar-refractivity contribution in [1.82, 2.24) is 9.80 Å². The zero-order valence-electron chi connectivity index (χ0n) is 10.1. The molecule has 0 aliphatic carbocycles. The molecular formula is C12H19N3O. The van der Waals surface area contributed by atoms with Crippen LogP contribution in [0.5, 0.6) is 0 Å². The average molecular weight is 221 g/mol. The molecule has 0 aromatic heterocycles. The Morgan fingerprint density at radius 1 is 1.38 bits per heavy atom. The summed E-state index contributed by atoms with van der Waals surface area (Å²) >= 11 is 0. The smallest absolute Gasteiger partial charge is 0.242 e. The molecule has 0 saturated carbocycles. The van der Waals surface area contributed by atoms with E-state index in [0.29, 0.717) is 6.04 Å². The second kappa shape index (κ2) is 4.06. The van der Waals surface area contributed by atoms with Gasteiger partial charge in [0.2, 0.25) is 5.91 Å². The molecule has 2 aliphatic rings. The zero-order chi connectivity index (χ0) is 11.8. The highest BCUT2D eigenvalue weighted by Gasteiger charge is 2.37. The van der Waals surface area contributed by atoms with Gasteiger partial charge in [-0.2, -0.15) is 5.26 Å². The standard InChI is InChI=1S/C12H19N3O/c1-12(2,9-13)11(16)15-7-6-14-5-3-4-10(14)8-15/h10H,3-8H2,1-2H3. The number of nitrogens with zero attached hydrogens (tertiary/aromatic N) is 3. The molecule has 1 atom stereocenters. The fraction of sp³-hybridized carbons (Fsp3) is 0.833. The molecule has 0 bridgehead atoms. The second-order valence-electron chi connectivity index (χ2n) is 5.32. The summed E-state index contributed by atoms with van der Waals surface area (Å²) in [5.41, 5.74) is -0.874. The molecule has 88 valence electrons. The van der Waals surface area contributed by atoms with Crippen molar-refractivity contribution >= 4 is 5.91 Å². The van der Waals surface area contributed by atoms with Gasteiger partial charge in [-0.3, -0.25) is 9.69 Å². The maximum absolute atomic E-state index is 12.1. The van der Waals surface area contributed by atoms with Crippen molar-refractivity contribution in [3.8, 4) is 6.07 Å². The van der Waals surface area contributed by atoms with Crippen molar-refractivity contribution in [3.05, 3.63) is 0 Å². The van der Waals surface area contributed by atoms with E-state index < -0.39 is 5.41 Å². The molecule has 2 fully saturated rings. The molecule has 0 spiro atoms. The minimum atomic E-state index is -0.874. The van der Waals surface area contributed by atoms with E-state index in [1.54, 1.807) is 13.8 Å². The summed E-state index contributed by atoms with van der Waals surface area (Å²) in [5, 5.41) is 8.97. The van der Waals surface area contributed by atoms with E-state index in [9.17, 15) is 4.79 Å². The van der Waals surface area contributed by atoms with E-state index in [0.717, 1.165) is 19.6 Å². The summed E-state index contributed by atoms with van der Waals surface area (Å²) in [4.78, 5) is 16.5. The van der Waals surface area contributed by atoms with Crippen molar-refractivity contribution in [2.45, 2.75) is 32.7 Å². The molecule has 0 aromatic carbocycles. The van der Waals surface area contributed by atoms with Gasteiger partial charge in [-0.1, -0.05) is 0 Å². The SMILES string of the molecule is CC(C)(C#N)C(=O)N1CCN2CCCC2C1. The molecule has 16 heavy (non-hydrogen) atoms. The van der Waals surface area contributed by atoms with Crippen molar-refractivity contribution in [3.63, 3.8) is 0 Å². The summed E-state index contributed by atoms with van der Waals surface area (Å²) < 4.78 is 0. The van der Waals surface area contributed by atoms with Crippen LogP contribution < -0.4 is 0 Å². The molecule has 0 radical (unpaired) electrons. The van der Waals surface area contributed by atoms with Crippen molar-refractivity contribution in [2.24, 2.45) is 5.41 Å². The van der Waals surface area contributed by atoms with E-state index in [4.69, 9.17) is 5.26 Å². The molecule has 2 saturated heterocycles. The number of fused-ring (bicyclic) bond motifs is 1. The van der Waals surface area contributed by atoms with Gasteiger partial charge >= 0.3 is 0 Å². The third-order valence-electron chi connectivity index (χ3n) is 3.69. The lowest BCUT2D eigenvalue weighted by molar-refractivity contribution is -0.140. The van der Waals surface area contributed by atoms with Gasteiger partial charge in [0.1, 0.15) is 5.41 Å². The van der Waals surface area contributed by atoms with E-state index in [1.807, 2.05) is 4.90 Å². The van der Waals surface area contributed by atoms with Crippen LogP contribution in [0.1, 0.15) is 26.7 Å². The lowest BCUT2D eigenvalue weighted by Gasteiger charge is -2.39. The van der Waals surface area contributed by atoms with E-state index in [1.165, 1.54) is 19.4 Å². The lowest BCUT2D eigenvalue weighted by atomic mass is 9.93. The fourth-order valence-corrected chi connectivity index (χ4v) is 2.62. The van der Waals surface area contributed by atoms with Crippen LogP contribution >= 0.6 is 0 Å². The summed E-state index contributed by atoms with van der Waals surface area (Å²) in [6.45, 7) is 7.14. The largest absolute Gasteiger partial charge is 0.338 e. The summed E-state index contributed by atoms with van der Waals surface area (Å²) in [5.74, 6) is -0.0125. The highest BCUT2D eigenvalue weighted by atomic mass is 16.2. The molecule has 1 amide bonds. The Balaban J connectivity index is 2.02. The fourth-order valence-electron chi connectivity index (χ4n) is 2.62. The molecular weight excluding hydrogens is 202 g/mol. The first-order chi connectivity index (χ1) is 7.54. The summed E-state index contributed by atoms with van der Waals surface area (Å²) in [6.07, 6.45) is 2.44. The minimum absolute atomic E-state index is 0.0125. The number of hydrogen-bond donors (Lipinski definition) is 0. The highest BCUT2D eigenvalue weighted by molar-refractivity contribution is 5.84. The van der Waals surface area contributed by atoms with E-state index in [2.05, 4.69) is 11.0 Å². The maximum atomic E-state index is 12.1. The summed E-state index contributed by atoms with van der Waals surface area (Å²) in [6, 6.07) is 2.63. The van der Waals surface area contributed by atoms with Gasteiger partial charge in [0.25, 0.3) is 0 Å². The highest BCUT2D eigenvalue weighted by Crippen LogP contribution is 2.25. The van der Waals surface area contributed by atoms with E-state index in [-0.39, 0.29) is 5.91 Å². The maximum Gasteiger partial charge on any atom is 0.242 e. The molecule has 0 aromatic rings. The van der Waals surface area contributed by atoms with Gasteiger partial charge in [-0.25, -0.2) is 0 Å². The normalized spacial score (nSPS) is 26.3. The topological polar surface area (TPSA) is 47.3 Å². The monoisotopic (exact) mass is 221 g/mol. The Bertz CT molecular complexity index is 332. The van der Waals surface area contributed by atoms with Crippen LogP contribution in [0.3, 0.4) is 0 Å². The second-order valence-corrected chi connectivity index (χ2v) is 5.32. The van der Waals surface area contributed by atoms with Crippen molar-refractivity contribution in [2.75, 3.05) is 26.2 Å². The lowest BCUT2D eigenvalue weighted by Crippen LogP contribution is -2.54. The minimum Gasteiger partial charge on any atom is -0.338 e. The Morgan fingerprint density at radius 3 is 2.81 bits per heavy atom. The third kappa shape index (κ3) is 1.92. The van der Waals surface area contributed by atoms with Gasteiger partial charge in [-0.15, -0.1) is 0 Å². The Labute approximate surface area is 96.8 Å². The Kier molecular flexibility index (Phi) is 2.90. The molecule has 2 heterocycles. The van der Waals surface area contributed by atoms with Crippen LogP contribution in [0.15, 0.2) is 0 Å². The van der Waals surface area contributed by atoms with Gasteiger partial charge in [0.05, 0.1) is 6.07 Å². The zero-order valence-corrected chi connectivity index (χ0v) is 10.1. The number of rotatable bonds is 1. The van der Waals surface area contributed by atoms with Crippen molar-refractivity contribution < 1.29 is 4.79 Å². The van der Waals surface area contributed by atoms with Gasteiger partial charge in [-0.05, 0) is 33.2 Å². The van der Waals surface area contributed by atoms with Crippen LogP contribution in [-0.4, -0.2) is 47.9 Å². The first-order valence-corrected chi connectivity index (χ1v) is 5.99. The number of carbonyl (C=O) groups is 1. The predicted molar refractivity (Wildman–Crippen MR) is 60.6 cm³/mol. The quantitative estimate of drug-likeness (QED) is 0.659. The van der Waals surface area contributed by atoms with Crippen LogP contribution in [-0.2, 0) is 4.79 Å². The Hall–Kier alpha value is -1.08. The summed E-state index contributed by atoms with van der Waals surface area (Å²) in [7, 11) is 0. The molecule has 2 aliphatic heterocycles. The number of hydrogen-bond acceptors (Lipinski definition) is 3. The predicted octanol–water partition coefficient (Wildman–Crippen LogP) is 0.843. The van der Waals surface area contributed by atoms with Crippen LogP contribution in [0, 0.1) is 16.7 Å². The molecule has 4 nitrogen and oxygen atoms in total. The number of amides is 1. The first kappa shape index (κ1) is 11.4. The number of piperazine rings is 1. The Morgan fingerprint density at radius 2 is 2.12 bits per heavy atom. The first-order valence-electron chi connectivity index (χ1n) is 5.99. The van der Waals surface area contributed by atoms with Crippen LogP contribution in [0.4, 0.5) is 0 Å². The molecule has 4 heteroatoms. The third-order valence-corrected chi connectivity index (χ3v) is 3.69. The molecule has 2 rings (SSSR count). The van der Waals surface area contributed by atoms with Crippen molar-refractivity contribution in [1.29, 1.82) is 5.26 Å². The van der Waals surface area contributed by atoms with E-state index >= 15 is 0 Å².